The predicted molar refractivity (Wildman–Crippen MR) is 81.2 cm³/mol. The molecule has 2 aliphatic rings. The first-order chi connectivity index (χ1) is 9.74. The lowest BCUT2D eigenvalue weighted by Gasteiger charge is -2.35. The summed E-state index contributed by atoms with van der Waals surface area (Å²) in [5.74, 6) is 0.165. The van der Waals surface area contributed by atoms with E-state index in [1.807, 2.05) is 29.2 Å². The van der Waals surface area contributed by atoms with Gasteiger partial charge in [-0.15, -0.1) is 0 Å². The van der Waals surface area contributed by atoms with Crippen LogP contribution < -0.4 is 10.2 Å². The molecule has 1 amide bonds. The summed E-state index contributed by atoms with van der Waals surface area (Å²) in [6.45, 7) is 6.56. The fourth-order valence-electron chi connectivity index (χ4n) is 2.82. The third-order valence-corrected chi connectivity index (χ3v) is 4.16. The predicted octanol–water partition coefficient (Wildman–Crippen LogP) is 0.693. The smallest absolute Gasteiger partial charge is 0.246 e. The Morgan fingerprint density at radius 2 is 1.85 bits per heavy atom. The molecule has 20 heavy (non-hydrogen) atoms. The summed E-state index contributed by atoms with van der Waals surface area (Å²) in [5, 5.41) is 3.17. The molecule has 0 saturated carbocycles. The summed E-state index contributed by atoms with van der Waals surface area (Å²) < 4.78 is 0. The molecule has 0 atom stereocenters. The van der Waals surface area contributed by atoms with Crippen molar-refractivity contribution in [1.82, 2.24) is 9.80 Å². The molecule has 1 fully saturated rings. The number of hydrogen-bond acceptors (Lipinski definition) is 4. The highest BCUT2D eigenvalue weighted by Crippen LogP contribution is 2.28. The van der Waals surface area contributed by atoms with Crippen molar-refractivity contribution < 1.29 is 4.79 Å². The van der Waals surface area contributed by atoms with Gasteiger partial charge in [-0.05, 0) is 19.2 Å². The van der Waals surface area contributed by atoms with E-state index < -0.39 is 0 Å². The third kappa shape index (κ3) is 2.78. The van der Waals surface area contributed by atoms with E-state index in [0.29, 0.717) is 6.54 Å². The van der Waals surface area contributed by atoms with Gasteiger partial charge in [0.05, 0.1) is 17.9 Å². The number of nitrogens with one attached hydrogen (secondary N) is 1. The van der Waals surface area contributed by atoms with Crippen LogP contribution in [0.15, 0.2) is 24.3 Å². The molecule has 0 aliphatic carbocycles. The largest absolute Gasteiger partial charge is 0.374 e. The Morgan fingerprint density at radius 1 is 1.10 bits per heavy atom. The highest BCUT2D eigenvalue weighted by molar-refractivity contribution is 6.02. The molecule has 2 heterocycles. The van der Waals surface area contributed by atoms with E-state index in [1.165, 1.54) is 0 Å². The summed E-state index contributed by atoms with van der Waals surface area (Å²) in [5.41, 5.74) is 2.07. The topological polar surface area (TPSA) is 38.8 Å². The summed E-state index contributed by atoms with van der Waals surface area (Å²) in [4.78, 5) is 18.8. The van der Waals surface area contributed by atoms with E-state index >= 15 is 0 Å². The molecule has 1 N–H and O–H groups in total. The van der Waals surface area contributed by atoms with Gasteiger partial charge >= 0.3 is 0 Å². The highest BCUT2D eigenvalue weighted by Gasteiger charge is 2.24. The SMILES string of the molecule is CN1CCN(CCN2C(=O)CNc3ccccc32)CC1. The number of para-hydroxylation sites is 2. The fraction of sp³-hybridized carbons (Fsp3) is 0.533. The van der Waals surface area contributed by atoms with Gasteiger partial charge in [-0.25, -0.2) is 0 Å². The minimum absolute atomic E-state index is 0.165. The molecule has 0 bridgehead atoms. The van der Waals surface area contributed by atoms with Crippen LogP contribution in [0.1, 0.15) is 0 Å². The lowest BCUT2D eigenvalue weighted by atomic mass is 10.2. The molecule has 0 unspecified atom stereocenters. The minimum atomic E-state index is 0.165. The Labute approximate surface area is 120 Å². The van der Waals surface area contributed by atoms with Gasteiger partial charge in [0.2, 0.25) is 5.91 Å². The van der Waals surface area contributed by atoms with Gasteiger partial charge in [0, 0.05) is 39.3 Å². The van der Waals surface area contributed by atoms with E-state index in [-0.39, 0.29) is 5.91 Å². The molecular weight excluding hydrogens is 252 g/mol. The van der Waals surface area contributed by atoms with Gasteiger partial charge in [0.25, 0.3) is 0 Å². The van der Waals surface area contributed by atoms with E-state index in [4.69, 9.17) is 0 Å². The van der Waals surface area contributed by atoms with Crippen molar-refractivity contribution in [1.29, 1.82) is 0 Å². The maximum absolute atomic E-state index is 12.1. The van der Waals surface area contributed by atoms with Crippen LogP contribution in [-0.2, 0) is 4.79 Å². The van der Waals surface area contributed by atoms with Crippen LogP contribution in [-0.4, -0.2) is 68.6 Å². The van der Waals surface area contributed by atoms with E-state index in [9.17, 15) is 4.79 Å². The van der Waals surface area contributed by atoms with Crippen molar-refractivity contribution in [3.05, 3.63) is 24.3 Å². The van der Waals surface area contributed by atoms with Crippen LogP contribution in [0.2, 0.25) is 0 Å². The summed E-state index contributed by atoms with van der Waals surface area (Å²) in [7, 11) is 2.16. The van der Waals surface area contributed by atoms with Crippen LogP contribution in [0.25, 0.3) is 0 Å². The highest BCUT2D eigenvalue weighted by atomic mass is 16.2. The average Bonchev–Trinajstić information content (AvgIpc) is 2.48. The van der Waals surface area contributed by atoms with Crippen molar-refractivity contribution in [2.24, 2.45) is 0 Å². The lowest BCUT2D eigenvalue weighted by Crippen LogP contribution is -2.49. The first kappa shape index (κ1) is 13.4. The number of carbonyl (C=O) groups excluding carboxylic acids is 1. The number of anilines is 2. The van der Waals surface area contributed by atoms with Gasteiger partial charge in [-0.2, -0.15) is 0 Å². The van der Waals surface area contributed by atoms with Crippen LogP contribution in [0.4, 0.5) is 11.4 Å². The summed E-state index contributed by atoms with van der Waals surface area (Å²) in [6.07, 6.45) is 0. The number of amides is 1. The number of piperazine rings is 1. The van der Waals surface area contributed by atoms with Gasteiger partial charge in [-0.3, -0.25) is 9.69 Å². The van der Waals surface area contributed by atoms with Crippen LogP contribution in [0.5, 0.6) is 0 Å². The second-order valence-electron chi connectivity index (χ2n) is 5.56. The monoisotopic (exact) mass is 274 g/mol. The Balaban J connectivity index is 1.63. The molecule has 0 aromatic heterocycles. The molecule has 1 aromatic rings. The molecule has 5 heteroatoms. The second kappa shape index (κ2) is 5.81. The first-order valence-corrected chi connectivity index (χ1v) is 7.28. The molecule has 108 valence electrons. The van der Waals surface area contributed by atoms with Gasteiger partial charge < -0.3 is 15.1 Å². The standard InChI is InChI=1S/C15H22N4O/c1-17-6-8-18(9-7-17)10-11-19-14-5-3-2-4-13(14)16-12-15(19)20/h2-5,16H,6-12H2,1H3. The number of carbonyl (C=O) groups is 1. The second-order valence-corrected chi connectivity index (χ2v) is 5.56. The molecule has 3 rings (SSSR count). The van der Waals surface area contributed by atoms with Crippen molar-refractivity contribution in [3.8, 4) is 0 Å². The lowest BCUT2D eigenvalue weighted by molar-refractivity contribution is -0.117. The third-order valence-electron chi connectivity index (χ3n) is 4.16. The Bertz CT molecular complexity index is 483. The van der Waals surface area contributed by atoms with E-state index in [2.05, 4.69) is 22.2 Å². The van der Waals surface area contributed by atoms with Crippen LogP contribution in [0, 0.1) is 0 Å². The fourth-order valence-corrected chi connectivity index (χ4v) is 2.82. The maximum Gasteiger partial charge on any atom is 0.246 e. The van der Waals surface area contributed by atoms with Crippen LogP contribution in [0.3, 0.4) is 0 Å². The Kier molecular flexibility index (Phi) is 3.89. The summed E-state index contributed by atoms with van der Waals surface area (Å²) in [6, 6.07) is 8.04. The number of rotatable bonds is 3. The van der Waals surface area contributed by atoms with Gasteiger partial charge in [-0.1, -0.05) is 12.1 Å². The molecule has 0 radical (unpaired) electrons. The maximum atomic E-state index is 12.1. The molecular formula is C15H22N4O. The molecule has 0 spiro atoms. The van der Waals surface area contributed by atoms with Crippen molar-refractivity contribution in [2.75, 3.05) is 63.1 Å². The van der Waals surface area contributed by atoms with E-state index in [1.54, 1.807) is 0 Å². The van der Waals surface area contributed by atoms with Gasteiger partial charge in [0.1, 0.15) is 0 Å². The number of fused-ring (bicyclic) bond motifs is 1. The number of nitrogens with zero attached hydrogens (tertiary/aromatic N) is 3. The quantitative estimate of drug-likeness (QED) is 0.880. The zero-order valence-corrected chi connectivity index (χ0v) is 12.0. The number of benzene rings is 1. The van der Waals surface area contributed by atoms with Gasteiger partial charge in [0.15, 0.2) is 0 Å². The van der Waals surface area contributed by atoms with Crippen LogP contribution >= 0.6 is 0 Å². The average molecular weight is 274 g/mol. The molecule has 1 saturated heterocycles. The van der Waals surface area contributed by atoms with Crippen molar-refractivity contribution in [3.63, 3.8) is 0 Å². The molecule has 2 aliphatic heterocycles. The zero-order chi connectivity index (χ0) is 13.9. The van der Waals surface area contributed by atoms with E-state index in [0.717, 1.165) is 50.6 Å². The molecule has 1 aromatic carbocycles. The number of likely N-dealkylation sites (N-methyl/N-ethyl adjacent to an activating group) is 1. The normalized spacial score (nSPS) is 20.6. The van der Waals surface area contributed by atoms with Crippen molar-refractivity contribution in [2.45, 2.75) is 0 Å². The molecule has 5 nitrogen and oxygen atoms in total. The van der Waals surface area contributed by atoms with Crippen molar-refractivity contribution >= 4 is 17.3 Å². The first-order valence-electron chi connectivity index (χ1n) is 7.28. The minimum Gasteiger partial charge on any atom is -0.374 e. The Morgan fingerprint density at radius 3 is 2.65 bits per heavy atom. The Hall–Kier alpha value is -1.59. The summed E-state index contributed by atoms with van der Waals surface area (Å²) >= 11 is 0. The number of hydrogen-bond donors (Lipinski definition) is 1. The zero-order valence-electron chi connectivity index (χ0n) is 12.0.